The lowest BCUT2D eigenvalue weighted by Crippen LogP contribution is -2.47. The van der Waals surface area contributed by atoms with Crippen LogP contribution >= 0.6 is 0 Å². The quantitative estimate of drug-likeness (QED) is 0.846. The summed E-state index contributed by atoms with van der Waals surface area (Å²) >= 11 is 0. The molecule has 0 radical (unpaired) electrons. The maximum Gasteiger partial charge on any atom is 0.317 e. The number of likely N-dealkylation sites (tertiary alicyclic amines) is 1. The Hall–Kier alpha value is -2.44. The second kappa shape index (κ2) is 8.50. The van der Waals surface area contributed by atoms with Gasteiger partial charge in [0.25, 0.3) is 0 Å². The van der Waals surface area contributed by atoms with Crippen LogP contribution in [0.5, 0.6) is 11.5 Å². The molecule has 3 amide bonds. The van der Waals surface area contributed by atoms with Crippen molar-refractivity contribution in [1.29, 1.82) is 0 Å². The summed E-state index contributed by atoms with van der Waals surface area (Å²) in [7, 11) is 3.22. The summed E-state index contributed by atoms with van der Waals surface area (Å²) in [4.78, 5) is 26.1. The summed E-state index contributed by atoms with van der Waals surface area (Å²) in [5.41, 5.74) is 1.03. The molecule has 1 aromatic carbocycles. The fourth-order valence-corrected chi connectivity index (χ4v) is 4.12. The second-order valence-electron chi connectivity index (χ2n) is 7.39. The molecule has 1 aromatic rings. The fraction of sp³-hybridized carbons (Fsp3) is 0.600. The molecule has 148 valence electrons. The fourth-order valence-electron chi connectivity index (χ4n) is 4.12. The summed E-state index contributed by atoms with van der Waals surface area (Å²) in [6, 6.07) is 5.51. The molecule has 2 aliphatic rings. The van der Waals surface area contributed by atoms with Crippen molar-refractivity contribution in [3.05, 3.63) is 23.8 Å². The minimum absolute atomic E-state index is 0.0689. The Morgan fingerprint density at radius 3 is 2.44 bits per heavy atom. The molecule has 2 saturated heterocycles. The van der Waals surface area contributed by atoms with Gasteiger partial charge in [0.15, 0.2) is 0 Å². The van der Waals surface area contributed by atoms with Gasteiger partial charge in [-0.1, -0.05) is 6.07 Å². The zero-order valence-corrected chi connectivity index (χ0v) is 16.2. The van der Waals surface area contributed by atoms with Crippen molar-refractivity contribution >= 4 is 11.9 Å². The first-order valence-corrected chi connectivity index (χ1v) is 9.56. The van der Waals surface area contributed by atoms with E-state index in [-0.39, 0.29) is 17.4 Å². The topological polar surface area (TPSA) is 79.9 Å². The van der Waals surface area contributed by atoms with Crippen LogP contribution in [0.15, 0.2) is 18.2 Å². The van der Waals surface area contributed by atoms with E-state index in [1.54, 1.807) is 14.2 Å². The Bertz CT molecular complexity index is 662. The zero-order valence-electron chi connectivity index (χ0n) is 16.2. The number of benzene rings is 1. The van der Waals surface area contributed by atoms with Crippen molar-refractivity contribution in [2.24, 2.45) is 5.41 Å². The lowest BCUT2D eigenvalue weighted by molar-refractivity contribution is -0.121. The van der Waals surface area contributed by atoms with Crippen molar-refractivity contribution in [3.8, 4) is 11.5 Å². The molecule has 2 heterocycles. The van der Waals surface area contributed by atoms with Gasteiger partial charge in [-0.15, -0.1) is 0 Å². The highest BCUT2D eigenvalue weighted by Gasteiger charge is 2.37. The van der Waals surface area contributed by atoms with E-state index in [1.165, 1.54) is 0 Å². The van der Waals surface area contributed by atoms with Gasteiger partial charge in [0, 0.05) is 26.1 Å². The summed E-state index contributed by atoms with van der Waals surface area (Å²) in [5, 5.41) is 5.94. The predicted octanol–water partition coefficient (Wildman–Crippen LogP) is 2.30. The minimum atomic E-state index is -0.0689. The third-order valence-electron chi connectivity index (χ3n) is 5.92. The van der Waals surface area contributed by atoms with Gasteiger partial charge < -0.3 is 25.0 Å². The van der Waals surface area contributed by atoms with Gasteiger partial charge in [0.05, 0.1) is 26.3 Å². The van der Waals surface area contributed by atoms with Gasteiger partial charge in [-0.2, -0.15) is 0 Å². The maximum absolute atomic E-state index is 12.6. The second-order valence-corrected chi connectivity index (χ2v) is 7.39. The SMILES string of the molecule is COc1cccc(OC)c1CNC(=O)N1CCC2(CCNC(=O)CC2)CC1. The predicted molar refractivity (Wildman–Crippen MR) is 102 cm³/mol. The van der Waals surface area contributed by atoms with Crippen LogP contribution in [0.4, 0.5) is 4.79 Å². The third kappa shape index (κ3) is 4.46. The zero-order chi connectivity index (χ0) is 19.3. The molecule has 3 rings (SSSR count). The number of urea groups is 1. The van der Waals surface area contributed by atoms with Gasteiger partial charge in [-0.05, 0) is 43.2 Å². The van der Waals surface area contributed by atoms with E-state index in [1.807, 2.05) is 23.1 Å². The largest absolute Gasteiger partial charge is 0.496 e. The van der Waals surface area contributed by atoms with Gasteiger partial charge in [-0.25, -0.2) is 4.79 Å². The van der Waals surface area contributed by atoms with Crippen LogP contribution in [0.2, 0.25) is 0 Å². The van der Waals surface area contributed by atoms with Crippen LogP contribution in [0.25, 0.3) is 0 Å². The summed E-state index contributed by atoms with van der Waals surface area (Å²) < 4.78 is 10.8. The minimum Gasteiger partial charge on any atom is -0.496 e. The molecular formula is C20H29N3O4. The molecular weight excluding hydrogens is 346 g/mol. The monoisotopic (exact) mass is 375 g/mol. The summed E-state index contributed by atoms with van der Waals surface area (Å²) in [5.74, 6) is 1.54. The first-order chi connectivity index (χ1) is 13.1. The molecule has 0 aromatic heterocycles. The number of carbonyl (C=O) groups excluding carboxylic acids is 2. The van der Waals surface area contributed by atoms with Crippen molar-refractivity contribution in [2.45, 2.75) is 38.6 Å². The van der Waals surface area contributed by atoms with E-state index in [0.29, 0.717) is 24.5 Å². The Labute approximate surface area is 160 Å². The van der Waals surface area contributed by atoms with Crippen molar-refractivity contribution in [3.63, 3.8) is 0 Å². The van der Waals surface area contributed by atoms with Gasteiger partial charge in [0.1, 0.15) is 11.5 Å². The average Bonchev–Trinajstić information content (AvgIpc) is 2.88. The number of hydrogen-bond donors (Lipinski definition) is 2. The molecule has 2 aliphatic heterocycles. The number of hydrogen-bond acceptors (Lipinski definition) is 4. The van der Waals surface area contributed by atoms with E-state index in [4.69, 9.17) is 9.47 Å². The summed E-state index contributed by atoms with van der Waals surface area (Å²) in [6.07, 6.45) is 4.43. The van der Waals surface area contributed by atoms with E-state index >= 15 is 0 Å². The molecule has 0 atom stereocenters. The van der Waals surface area contributed by atoms with Crippen LogP contribution in [-0.2, 0) is 11.3 Å². The van der Waals surface area contributed by atoms with E-state index < -0.39 is 0 Å². The van der Waals surface area contributed by atoms with E-state index in [2.05, 4.69) is 10.6 Å². The number of nitrogens with zero attached hydrogens (tertiary/aromatic N) is 1. The average molecular weight is 375 g/mol. The first-order valence-electron chi connectivity index (χ1n) is 9.56. The molecule has 0 aliphatic carbocycles. The van der Waals surface area contributed by atoms with Gasteiger partial charge >= 0.3 is 6.03 Å². The normalized spacial score (nSPS) is 19.2. The number of nitrogens with one attached hydrogen (secondary N) is 2. The Morgan fingerprint density at radius 2 is 1.81 bits per heavy atom. The number of ether oxygens (including phenoxy) is 2. The van der Waals surface area contributed by atoms with Crippen molar-refractivity contribution < 1.29 is 19.1 Å². The Balaban J connectivity index is 1.55. The lowest BCUT2D eigenvalue weighted by Gasteiger charge is -2.41. The number of methoxy groups -OCH3 is 2. The molecule has 0 unspecified atom stereocenters. The number of carbonyl (C=O) groups is 2. The van der Waals surface area contributed by atoms with Gasteiger partial charge in [-0.3, -0.25) is 4.79 Å². The molecule has 7 nitrogen and oxygen atoms in total. The molecule has 0 bridgehead atoms. The molecule has 27 heavy (non-hydrogen) atoms. The van der Waals surface area contributed by atoms with Crippen molar-refractivity contribution in [1.82, 2.24) is 15.5 Å². The first kappa shape index (κ1) is 19.3. The molecule has 2 fully saturated rings. The van der Waals surface area contributed by atoms with Gasteiger partial charge in [0.2, 0.25) is 5.91 Å². The lowest BCUT2D eigenvalue weighted by atomic mass is 9.73. The van der Waals surface area contributed by atoms with E-state index in [0.717, 1.165) is 50.9 Å². The van der Waals surface area contributed by atoms with Crippen LogP contribution in [0.3, 0.4) is 0 Å². The highest BCUT2D eigenvalue weighted by molar-refractivity contribution is 5.76. The van der Waals surface area contributed by atoms with E-state index in [9.17, 15) is 9.59 Å². The Kier molecular flexibility index (Phi) is 6.08. The summed E-state index contributed by atoms with van der Waals surface area (Å²) in [6.45, 7) is 2.55. The molecule has 0 saturated carbocycles. The van der Waals surface area contributed by atoms with Crippen LogP contribution in [0, 0.1) is 5.41 Å². The maximum atomic E-state index is 12.6. The highest BCUT2D eigenvalue weighted by Crippen LogP contribution is 2.40. The molecule has 1 spiro atoms. The van der Waals surface area contributed by atoms with Crippen LogP contribution in [0.1, 0.15) is 37.7 Å². The standard InChI is InChI=1S/C20H29N3O4/c1-26-16-4-3-5-17(27-2)15(16)14-22-19(25)23-12-9-20(10-13-23)7-6-18(24)21-11-8-20/h3-5H,6-14H2,1-2H3,(H,21,24)(H,22,25). The number of amides is 3. The Morgan fingerprint density at radius 1 is 1.15 bits per heavy atom. The number of rotatable bonds is 4. The molecule has 2 N–H and O–H groups in total. The highest BCUT2D eigenvalue weighted by atomic mass is 16.5. The molecule has 7 heteroatoms. The van der Waals surface area contributed by atoms with Crippen LogP contribution < -0.4 is 20.1 Å². The van der Waals surface area contributed by atoms with Crippen molar-refractivity contribution in [2.75, 3.05) is 33.9 Å². The smallest absolute Gasteiger partial charge is 0.317 e. The number of piperidine rings is 1. The van der Waals surface area contributed by atoms with Crippen LogP contribution in [-0.4, -0.2) is 50.7 Å². The third-order valence-corrected chi connectivity index (χ3v) is 5.92.